The summed E-state index contributed by atoms with van der Waals surface area (Å²) < 4.78 is 0. The summed E-state index contributed by atoms with van der Waals surface area (Å²) in [7, 11) is 1.80. The number of likely N-dealkylation sites (N-methyl/N-ethyl adjacent to an activating group) is 1. The summed E-state index contributed by atoms with van der Waals surface area (Å²) in [5.41, 5.74) is 1.78. The van der Waals surface area contributed by atoms with Crippen LogP contribution in [0.3, 0.4) is 0 Å². The molecular formula is C15H15ClN2O. The molecule has 3 nitrogen and oxygen atoms in total. The molecule has 0 bridgehead atoms. The fourth-order valence-corrected chi connectivity index (χ4v) is 1.98. The smallest absolute Gasteiger partial charge is 0.253 e. The van der Waals surface area contributed by atoms with E-state index in [1.165, 1.54) is 5.56 Å². The quantitative estimate of drug-likeness (QED) is 0.859. The van der Waals surface area contributed by atoms with Gasteiger partial charge < -0.3 is 4.90 Å². The first-order chi connectivity index (χ1) is 9.16. The average Bonchev–Trinajstić information content (AvgIpc) is 2.45. The standard InChI is InChI=1S/C15H15ClN2O/c1-18(10-7-12-5-8-17-9-6-12)15(19)13-3-2-4-14(16)11-13/h2-6,8-9,11H,7,10H2,1H3. The number of aromatic nitrogens is 1. The lowest BCUT2D eigenvalue weighted by Gasteiger charge is -2.17. The van der Waals surface area contributed by atoms with Gasteiger partial charge in [-0.2, -0.15) is 0 Å². The molecule has 0 radical (unpaired) electrons. The molecule has 98 valence electrons. The third-order valence-electron chi connectivity index (χ3n) is 2.90. The fourth-order valence-electron chi connectivity index (χ4n) is 1.79. The van der Waals surface area contributed by atoms with Crippen LogP contribution in [0.25, 0.3) is 0 Å². The van der Waals surface area contributed by atoms with Gasteiger partial charge in [0.2, 0.25) is 0 Å². The molecular weight excluding hydrogens is 260 g/mol. The molecule has 19 heavy (non-hydrogen) atoms. The van der Waals surface area contributed by atoms with Crippen LogP contribution in [0.15, 0.2) is 48.8 Å². The second-order valence-electron chi connectivity index (χ2n) is 4.34. The Morgan fingerprint density at radius 1 is 1.26 bits per heavy atom. The van der Waals surface area contributed by atoms with Gasteiger partial charge in [-0.25, -0.2) is 0 Å². The maximum Gasteiger partial charge on any atom is 0.253 e. The number of rotatable bonds is 4. The molecule has 0 aliphatic carbocycles. The highest BCUT2D eigenvalue weighted by atomic mass is 35.5. The lowest BCUT2D eigenvalue weighted by Crippen LogP contribution is -2.28. The Bertz CT molecular complexity index is 557. The van der Waals surface area contributed by atoms with E-state index in [1.54, 1.807) is 48.6 Å². The summed E-state index contributed by atoms with van der Waals surface area (Å²) in [6.07, 6.45) is 4.33. The molecule has 1 aromatic carbocycles. The highest BCUT2D eigenvalue weighted by Crippen LogP contribution is 2.12. The van der Waals surface area contributed by atoms with Crippen molar-refractivity contribution in [1.82, 2.24) is 9.88 Å². The van der Waals surface area contributed by atoms with Gasteiger partial charge in [-0.1, -0.05) is 17.7 Å². The summed E-state index contributed by atoms with van der Waals surface area (Å²) in [5.74, 6) is -0.0171. The number of benzene rings is 1. The van der Waals surface area contributed by atoms with Gasteiger partial charge in [-0.3, -0.25) is 9.78 Å². The molecule has 0 fully saturated rings. The zero-order valence-electron chi connectivity index (χ0n) is 10.7. The lowest BCUT2D eigenvalue weighted by atomic mass is 10.1. The minimum Gasteiger partial charge on any atom is -0.341 e. The van der Waals surface area contributed by atoms with E-state index in [1.807, 2.05) is 12.1 Å². The number of amides is 1. The van der Waals surface area contributed by atoms with Crippen molar-refractivity contribution in [2.75, 3.05) is 13.6 Å². The summed E-state index contributed by atoms with van der Waals surface area (Å²) in [6.45, 7) is 0.662. The van der Waals surface area contributed by atoms with Crippen molar-refractivity contribution in [2.24, 2.45) is 0 Å². The van der Waals surface area contributed by atoms with E-state index in [4.69, 9.17) is 11.6 Å². The molecule has 1 heterocycles. The Hall–Kier alpha value is -1.87. The van der Waals surface area contributed by atoms with Crippen molar-refractivity contribution in [3.63, 3.8) is 0 Å². The van der Waals surface area contributed by atoms with Gasteiger partial charge in [0.05, 0.1) is 0 Å². The lowest BCUT2D eigenvalue weighted by molar-refractivity contribution is 0.0796. The van der Waals surface area contributed by atoms with Gasteiger partial charge in [-0.05, 0) is 42.3 Å². The number of halogens is 1. The topological polar surface area (TPSA) is 33.2 Å². The minimum absolute atomic E-state index is 0.0171. The van der Waals surface area contributed by atoms with E-state index in [0.29, 0.717) is 17.1 Å². The maximum atomic E-state index is 12.2. The van der Waals surface area contributed by atoms with Crippen molar-refractivity contribution in [2.45, 2.75) is 6.42 Å². The molecule has 0 unspecified atom stereocenters. The summed E-state index contributed by atoms with van der Waals surface area (Å²) in [4.78, 5) is 17.8. The van der Waals surface area contributed by atoms with Gasteiger partial charge in [0.25, 0.3) is 5.91 Å². The zero-order valence-corrected chi connectivity index (χ0v) is 11.5. The van der Waals surface area contributed by atoms with E-state index in [2.05, 4.69) is 4.98 Å². The molecule has 1 aromatic heterocycles. The van der Waals surface area contributed by atoms with Gasteiger partial charge in [-0.15, -0.1) is 0 Å². The number of hydrogen-bond acceptors (Lipinski definition) is 2. The van der Waals surface area contributed by atoms with Crippen LogP contribution in [0.5, 0.6) is 0 Å². The van der Waals surface area contributed by atoms with E-state index >= 15 is 0 Å². The second-order valence-corrected chi connectivity index (χ2v) is 4.78. The van der Waals surface area contributed by atoms with E-state index in [9.17, 15) is 4.79 Å². The fraction of sp³-hybridized carbons (Fsp3) is 0.200. The van der Waals surface area contributed by atoms with Crippen LogP contribution in [0.1, 0.15) is 15.9 Å². The number of carbonyl (C=O) groups excluding carboxylic acids is 1. The van der Waals surface area contributed by atoms with Gasteiger partial charge in [0.1, 0.15) is 0 Å². The van der Waals surface area contributed by atoms with Crippen LogP contribution >= 0.6 is 11.6 Å². The number of carbonyl (C=O) groups is 1. The molecule has 0 aliphatic rings. The number of hydrogen-bond donors (Lipinski definition) is 0. The maximum absolute atomic E-state index is 12.2. The van der Waals surface area contributed by atoms with Crippen molar-refractivity contribution >= 4 is 17.5 Å². The largest absolute Gasteiger partial charge is 0.341 e. The van der Waals surface area contributed by atoms with Gasteiger partial charge >= 0.3 is 0 Å². The molecule has 0 saturated carbocycles. The normalized spacial score (nSPS) is 10.2. The van der Waals surface area contributed by atoms with Crippen LogP contribution in [-0.4, -0.2) is 29.4 Å². The molecule has 0 N–H and O–H groups in total. The predicted octanol–water partition coefficient (Wildman–Crippen LogP) is 3.05. The third kappa shape index (κ3) is 3.80. The molecule has 2 aromatic rings. The van der Waals surface area contributed by atoms with Crippen molar-refractivity contribution in [3.8, 4) is 0 Å². The Morgan fingerprint density at radius 3 is 2.68 bits per heavy atom. The zero-order chi connectivity index (χ0) is 13.7. The van der Waals surface area contributed by atoms with Crippen LogP contribution in [0.2, 0.25) is 5.02 Å². The number of pyridine rings is 1. The first kappa shape index (κ1) is 13.6. The molecule has 0 saturated heterocycles. The monoisotopic (exact) mass is 274 g/mol. The van der Waals surface area contributed by atoms with Crippen molar-refractivity contribution in [1.29, 1.82) is 0 Å². The Kier molecular flexibility index (Phi) is 4.53. The molecule has 0 atom stereocenters. The van der Waals surface area contributed by atoms with E-state index in [-0.39, 0.29) is 5.91 Å². The SMILES string of the molecule is CN(CCc1ccncc1)C(=O)c1cccc(Cl)c1. The molecule has 0 aliphatic heterocycles. The first-order valence-corrected chi connectivity index (χ1v) is 6.44. The summed E-state index contributed by atoms with van der Waals surface area (Å²) in [5, 5.41) is 0.577. The first-order valence-electron chi connectivity index (χ1n) is 6.07. The average molecular weight is 275 g/mol. The third-order valence-corrected chi connectivity index (χ3v) is 3.14. The molecule has 1 amide bonds. The Balaban J connectivity index is 1.96. The van der Waals surface area contributed by atoms with Crippen LogP contribution in [0.4, 0.5) is 0 Å². The van der Waals surface area contributed by atoms with E-state index in [0.717, 1.165) is 6.42 Å². The predicted molar refractivity (Wildman–Crippen MR) is 76.4 cm³/mol. The molecule has 4 heteroatoms. The Morgan fingerprint density at radius 2 is 2.00 bits per heavy atom. The number of nitrogens with zero attached hydrogens (tertiary/aromatic N) is 2. The minimum atomic E-state index is -0.0171. The van der Waals surface area contributed by atoms with Crippen LogP contribution in [-0.2, 0) is 6.42 Å². The second kappa shape index (κ2) is 6.34. The van der Waals surface area contributed by atoms with Crippen LogP contribution < -0.4 is 0 Å². The van der Waals surface area contributed by atoms with E-state index < -0.39 is 0 Å². The highest BCUT2D eigenvalue weighted by molar-refractivity contribution is 6.30. The van der Waals surface area contributed by atoms with Crippen molar-refractivity contribution < 1.29 is 4.79 Å². The van der Waals surface area contributed by atoms with Gasteiger partial charge in [0.15, 0.2) is 0 Å². The Labute approximate surface area is 117 Å². The molecule has 0 spiro atoms. The van der Waals surface area contributed by atoms with Crippen LogP contribution in [0, 0.1) is 0 Å². The van der Waals surface area contributed by atoms with Crippen molar-refractivity contribution in [3.05, 3.63) is 64.9 Å². The summed E-state index contributed by atoms with van der Waals surface area (Å²) >= 11 is 5.89. The molecule has 2 rings (SSSR count). The summed E-state index contributed by atoms with van der Waals surface area (Å²) in [6, 6.07) is 10.9. The van der Waals surface area contributed by atoms with Gasteiger partial charge in [0, 0.05) is 36.6 Å². The highest BCUT2D eigenvalue weighted by Gasteiger charge is 2.11.